The molecule has 0 unspecified atom stereocenters. The van der Waals surface area contributed by atoms with Crippen LogP contribution in [0.25, 0.3) is 10.2 Å². The lowest BCUT2D eigenvalue weighted by Crippen LogP contribution is -2.33. The van der Waals surface area contributed by atoms with E-state index in [2.05, 4.69) is 31.9 Å². The van der Waals surface area contributed by atoms with E-state index in [0.717, 1.165) is 27.7 Å². The number of nitriles is 1. The highest BCUT2D eigenvalue weighted by Crippen LogP contribution is 2.31. The number of amides is 1. The number of thiazole rings is 1. The van der Waals surface area contributed by atoms with Crippen LogP contribution in [0.1, 0.15) is 22.3 Å². The first kappa shape index (κ1) is 22.3. The van der Waals surface area contributed by atoms with Crippen molar-refractivity contribution in [1.29, 1.82) is 5.26 Å². The predicted octanol–water partition coefficient (Wildman–Crippen LogP) is 4.95. The molecule has 146 valence electrons. The summed E-state index contributed by atoms with van der Waals surface area (Å²) in [5.41, 5.74) is 1.97. The maximum atomic E-state index is 13.2. The van der Waals surface area contributed by atoms with Crippen LogP contribution >= 0.6 is 39.7 Å². The highest BCUT2D eigenvalue weighted by atomic mass is 79.9. The molecule has 3 rings (SSSR count). The molecule has 0 saturated carbocycles. The molecule has 28 heavy (non-hydrogen) atoms. The van der Waals surface area contributed by atoms with Crippen LogP contribution in [0.2, 0.25) is 0 Å². The molecule has 1 aromatic heterocycles. The number of fused-ring (bicyclic) bond motifs is 1. The largest absolute Gasteiger partial charge is 0.309 e. The van der Waals surface area contributed by atoms with Gasteiger partial charge >= 0.3 is 0 Å². The van der Waals surface area contributed by atoms with Crippen LogP contribution in [0.15, 0.2) is 46.9 Å². The van der Waals surface area contributed by atoms with E-state index < -0.39 is 0 Å². The predicted molar refractivity (Wildman–Crippen MR) is 121 cm³/mol. The third-order valence-corrected chi connectivity index (χ3v) is 5.60. The number of carbonyl (C=O) groups is 1. The molecule has 2 aromatic carbocycles. The Kier molecular flexibility index (Phi) is 7.96. The Hall–Kier alpha value is -1.98. The Bertz CT molecular complexity index is 998. The quantitative estimate of drug-likeness (QED) is 0.502. The van der Waals surface area contributed by atoms with Crippen molar-refractivity contribution in [3.8, 4) is 6.07 Å². The van der Waals surface area contributed by atoms with Crippen molar-refractivity contribution in [2.45, 2.75) is 6.42 Å². The van der Waals surface area contributed by atoms with E-state index in [1.165, 1.54) is 11.3 Å². The molecule has 0 aliphatic carbocycles. The van der Waals surface area contributed by atoms with Gasteiger partial charge in [0.15, 0.2) is 5.13 Å². The fourth-order valence-electron chi connectivity index (χ4n) is 2.67. The molecule has 0 saturated heterocycles. The number of hydrogen-bond donors (Lipinski definition) is 0. The third-order valence-electron chi connectivity index (χ3n) is 4.06. The summed E-state index contributed by atoms with van der Waals surface area (Å²) in [5.74, 6) is -0.101. The molecule has 0 aliphatic rings. The molecule has 5 nitrogen and oxygen atoms in total. The van der Waals surface area contributed by atoms with Gasteiger partial charge in [-0.25, -0.2) is 4.98 Å². The normalized spacial score (nSPS) is 10.5. The molecule has 0 spiro atoms. The van der Waals surface area contributed by atoms with Gasteiger partial charge in [-0.15, -0.1) is 12.4 Å². The molecule has 1 heterocycles. The van der Waals surface area contributed by atoms with Crippen molar-refractivity contribution < 1.29 is 4.79 Å². The lowest BCUT2D eigenvalue weighted by molar-refractivity contribution is 0.0986. The van der Waals surface area contributed by atoms with Crippen LogP contribution in [0.3, 0.4) is 0 Å². The van der Waals surface area contributed by atoms with Crippen molar-refractivity contribution in [1.82, 2.24) is 9.88 Å². The number of nitrogens with zero attached hydrogens (tertiary/aromatic N) is 4. The van der Waals surface area contributed by atoms with Crippen molar-refractivity contribution in [3.05, 3.63) is 58.1 Å². The molecule has 0 radical (unpaired) electrons. The minimum Gasteiger partial charge on any atom is -0.309 e. The lowest BCUT2D eigenvalue weighted by atomic mass is 10.1. The zero-order chi connectivity index (χ0) is 19.4. The number of aromatic nitrogens is 1. The molecular weight excluding hydrogens is 460 g/mol. The standard InChI is InChI=1S/C20H19BrN4OS.ClH/c1-24(2)10-3-11-25(19(26)15-6-4-14(13-22)5-7-15)20-23-17-9-8-16(21)12-18(17)27-20;/h4-9,12H,3,10-11H2,1-2H3;1H. The van der Waals surface area contributed by atoms with Crippen molar-refractivity contribution in [2.75, 3.05) is 32.1 Å². The van der Waals surface area contributed by atoms with Gasteiger partial charge < -0.3 is 4.90 Å². The topological polar surface area (TPSA) is 60.2 Å². The molecule has 3 aromatic rings. The Morgan fingerprint density at radius 2 is 1.89 bits per heavy atom. The molecule has 0 N–H and O–H groups in total. The summed E-state index contributed by atoms with van der Waals surface area (Å²) in [5, 5.41) is 9.65. The van der Waals surface area contributed by atoms with Crippen molar-refractivity contribution in [3.63, 3.8) is 0 Å². The zero-order valence-electron chi connectivity index (χ0n) is 15.6. The number of halogens is 2. The van der Waals surface area contributed by atoms with Crippen molar-refractivity contribution in [2.24, 2.45) is 0 Å². The third kappa shape index (κ3) is 5.30. The summed E-state index contributed by atoms with van der Waals surface area (Å²) < 4.78 is 2.02. The Morgan fingerprint density at radius 1 is 1.18 bits per heavy atom. The molecular formula is C20H20BrClN4OS. The molecule has 1 amide bonds. The number of anilines is 1. The molecule has 0 bridgehead atoms. The van der Waals surface area contributed by atoms with E-state index in [1.807, 2.05) is 32.3 Å². The van der Waals surface area contributed by atoms with E-state index >= 15 is 0 Å². The van der Waals surface area contributed by atoms with Gasteiger partial charge in [-0.1, -0.05) is 27.3 Å². The minimum absolute atomic E-state index is 0. The number of rotatable bonds is 6. The summed E-state index contributed by atoms with van der Waals surface area (Å²) >= 11 is 4.99. The highest BCUT2D eigenvalue weighted by Gasteiger charge is 2.21. The fraction of sp³-hybridized carbons (Fsp3) is 0.250. The second kappa shape index (κ2) is 9.99. The van der Waals surface area contributed by atoms with E-state index in [-0.39, 0.29) is 18.3 Å². The van der Waals surface area contributed by atoms with Gasteiger partial charge in [0.1, 0.15) is 0 Å². The summed E-state index contributed by atoms with van der Waals surface area (Å²) in [7, 11) is 4.03. The smallest absolute Gasteiger partial charge is 0.260 e. The van der Waals surface area contributed by atoms with Gasteiger partial charge in [0, 0.05) is 16.6 Å². The van der Waals surface area contributed by atoms with Gasteiger partial charge in [-0.3, -0.25) is 9.69 Å². The Morgan fingerprint density at radius 3 is 2.54 bits per heavy atom. The number of hydrogen-bond acceptors (Lipinski definition) is 5. The maximum absolute atomic E-state index is 13.2. The number of carbonyl (C=O) groups excluding carboxylic acids is 1. The first-order valence-corrected chi connectivity index (χ1v) is 10.1. The summed E-state index contributed by atoms with van der Waals surface area (Å²) in [6.07, 6.45) is 0.842. The van der Waals surface area contributed by atoms with E-state index in [1.54, 1.807) is 29.2 Å². The SMILES string of the molecule is CN(C)CCCN(C(=O)c1ccc(C#N)cc1)c1nc2ccc(Br)cc2s1.Cl. The second-order valence-electron chi connectivity index (χ2n) is 6.41. The average Bonchev–Trinajstić information content (AvgIpc) is 3.07. The van der Waals surface area contributed by atoms with Crippen molar-refractivity contribution >= 4 is 60.9 Å². The van der Waals surface area contributed by atoms with Gasteiger partial charge in [0.25, 0.3) is 5.91 Å². The van der Waals surface area contributed by atoms with Crippen LogP contribution in [0.5, 0.6) is 0 Å². The number of benzene rings is 2. The van der Waals surface area contributed by atoms with Gasteiger partial charge in [-0.2, -0.15) is 5.26 Å². The first-order valence-electron chi connectivity index (χ1n) is 8.51. The van der Waals surface area contributed by atoms with E-state index in [0.29, 0.717) is 22.8 Å². The summed E-state index contributed by atoms with van der Waals surface area (Å²) in [4.78, 5) is 21.7. The molecule has 0 fully saturated rings. The van der Waals surface area contributed by atoms with E-state index in [4.69, 9.17) is 5.26 Å². The summed E-state index contributed by atoms with van der Waals surface area (Å²) in [6.45, 7) is 1.46. The molecule has 0 atom stereocenters. The monoisotopic (exact) mass is 478 g/mol. The summed E-state index contributed by atoms with van der Waals surface area (Å²) in [6, 6.07) is 14.7. The van der Waals surface area contributed by atoms with Gasteiger partial charge in [0.05, 0.1) is 21.8 Å². The first-order chi connectivity index (χ1) is 13.0. The molecule has 0 aliphatic heterocycles. The second-order valence-corrected chi connectivity index (χ2v) is 8.34. The van der Waals surface area contributed by atoms with Crippen LogP contribution in [-0.4, -0.2) is 43.0 Å². The van der Waals surface area contributed by atoms with E-state index in [9.17, 15) is 4.79 Å². The average molecular weight is 480 g/mol. The van der Waals surface area contributed by atoms with Crippen LogP contribution in [0.4, 0.5) is 5.13 Å². The fourth-order valence-corrected chi connectivity index (χ4v) is 4.22. The van der Waals surface area contributed by atoms with Crippen LogP contribution in [-0.2, 0) is 0 Å². The van der Waals surface area contributed by atoms with Gasteiger partial charge in [0.2, 0.25) is 0 Å². The zero-order valence-corrected chi connectivity index (χ0v) is 18.8. The van der Waals surface area contributed by atoms with Crippen LogP contribution < -0.4 is 4.90 Å². The van der Waals surface area contributed by atoms with Crippen LogP contribution in [0, 0.1) is 11.3 Å². The Balaban J connectivity index is 0.00000280. The van der Waals surface area contributed by atoms with Gasteiger partial charge in [-0.05, 0) is 69.5 Å². The maximum Gasteiger partial charge on any atom is 0.260 e. The molecule has 8 heteroatoms. The lowest BCUT2D eigenvalue weighted by Gasteiger charge is -2.21. The minimum atomic E-state index is -0.101. The highest BCUT2D eigenvalue weighted by molar-refractivity contribution is 9.10. The Labute approximate surface area is 183 Å².